The molecule has 138 valence electrons. The molecule has 9 nitrogen and oxygen atoms in total. The summed E-state index contributed by atoms with van der Waals surface area (Å²) in [5.74, 6) is -2.60. The lowest BCUT2D eigenvalue weighted by Crippen LogP contribution is -2.50. The lowest BCUT2D eigenvalue weighted by Gasteiger charge is -2.40. The number of aliphatic hydroxyl groups is 1. The van der Waals surface area contributed by atoms with Gasteiger partial charge < -0.3 is 14.9 Å². The van der Waals surface area contributed by atoms with Crippen LogP contribution in [0.1, 0.15) is 36.6 Å². The Morgan fingerprint density at radius 3 is 2.85 bits per heavy atom. The van der Waals surface area contributed by atoms with Gasteiger partial charge in [0.1, 0.15) is 0 Å². The van der Waals surface area contributed by atoms with Crippen molar-refractivity contribution in [1.29, 1.82) is 0 Å². The minimum atomic E-state index is -1.50. The van der Waals surface area contributed by atoms with Crippen molar-refractivity contribution in [1.82, 2.24) is 10.2 Å². The third kappa shape index (κ3) is 2.90. The summed E-state index contributed by atoms with van der Waals surface area (Å²) in [5.41, 5.74) is -0.944. The van der Waals surface area contributed by atoms with E-state index in [1.165, 1.54) is 25.1 Å². The maximum Gasteiger partial charge on any atom is 0.312 e. The number of rotatable bonds is 4. The second-order valence-corrected chi connectivity index (χ2v) is 6.56. The molecule has 1 heterocycles. The second kappa shape index (κ2) is 6.41. The first kappa shape index (κ1) is 17.9. The lowest BCUT2D eigenvalue weighted by atomic mass is 9.66. The number of nitro groups is 1. The molecular formula is C17H19N3O6. The zero-order chi connectivity index (χ0) is 19.1. The van der Waals surface area contributed by atoms with Crippen LogP contribution in [0, 0.1) is 16.0 Å². The fourth-order valence-electron chi connectivity index (χ4n) is 3.68. The highest BCUT2D eigenvalue weighted by atomic mass is 16.6. The Labute approximate surface area is 148 Å². The third-order valence-corrected chi connectivity index (χ3v) is 4.73. The molecule has 3 rings (SSSR count). The van der Waals surface area contributed by atoms with E-state index in [-0.39, 0.29) is 24.3 Å². The Kier molecular flexibility index (Phi) is 4.41. The van der Waals surface area contributed by atoms with Gasteiger partial charge in [0.2, 0.25) is 0 Å². The van der Waals surface area contributed by atoms with Crippen LogP contribution in [-0.4, -0.2) is 38.4 Å². The number of ether oxygens (including phenoxy) is 1. The third-order valence-electron chi connectivity index (χ3n) is 4.73. The van der Waals surface area contributed by atoms with Crippen LogP contribution in [0.15, 0.2) is 29.1 Å². The normalized spacial score (nSPS) is 24.7. The molecule has 0 bridgehead atoms. The highest BCUT2D eigenvalue weighted by molar-refractivity contribution is 5.77. The molecule has 3 N–H and O–H groups in total. The summed E-state index contributed by atoms with van der Waals surface area (Å²) in [5, 5.41) is 27.3. The molecule has 26 heavy (non-hydrogen) atoms. The molecule has 0 amide bonds. The smallest absolute Gasteiger partial charge is 0.312 e. The SMILES string of the molecule is CCOC(=O)[C@@H]1[C@@H](c2cccc([N+](=O)[O-])c2)c2c([nH][nH]c2=O)C[C@@]1(C)O. The number of nitro benzene ring substituents is 1. The van der Waals surface area contributed by atoms with Gasteiger partial charge in [-0.25, -0.2) is 0 Å². The van der Waals surface area contributed by atoms with Crippen molar-refractivity contribution in [3.63, 3.8) is 0 Å². The quantitative estimate of drug-likeness (QED) is 0.425. The first-order chi connectivity index (χ1) is 12.3. The first-order valence-electron chi connectivity index (χ1n) is 8.19. The van der Waals surface area contributed by atoms with E-state index < -0.39 is 33.9 Å². The fraction of sp³-hybridized carbons (Fsp3) is 0.412. The van der Waals surface area contributed by atoms with Crippen LogP contribution < -0.4 is 5.56 Å². The van der Waals surface area contributed by atoms with E-state index in [0.717, 1.165) is 0 Å². The van der Waals surface area contributed by atoms with Crippen molar-refractivity contribution in [2.45, 2.75) is 31.8 Å². The van der Waals surface area contributed by atoms with Gasteiger partial charge in [-0.3, -0.25) is 24.8 Å². The molecule has 1 aromatic carbocycles. The van der Waals surface area contributed by atoms with E-state index in [1.54, 1.807) is 13.0 Å². The van der Waals surface area contributed by atoms with Crippen LogP contribution in [-0.2, 0) is 16.0 Å². The highest BCUT2D eigenvalue weighted by Gasteiger charge is 2.51. The number of carbonyl (C=O) groups excluding carboxylic acids is 1. The Bertz CT molecular complexity index is 913. The number of nitrogens with zero attached hydrogens (tertiary/aromatic N) is 1. The molecule has 0 radical (unpaired) electrons. The predicted octanol–water partition coefficient (Wildman–Crippen LogP) is 1.23. The van der Waals surface area contributed by atoms with Crippen molar-refractivity contribution in [3.8, 4) is 0 Å². The molecular weight excluding hydrogens is 342 g/mol. The summed E-state index contributed by atoms with van der Waals surface area (Å²) in [4.78, 5) is 35.6. The first-order valence-corrected chi connectivity index (χ1v) is 8.19. The molecule has 0 saturated heterocycles. The number of aromatic amines is 2. The van der Waals surface area contributed by atoms with Gasteiger partial charge in [-0.15, -0.1) is 0 Å². The number of carbonyl (C=O) groups is 1. The van der Waals surface area contributed by atoms with Gasteiger partial charge in [0.15, 0.2) is 0 Å². The standard InChI is InChI=1S/C17H19N3O6/c1-3-26-16(22)14-12(9-5-4-6-10(7-9)20(24)25)13-11(8-17(14,2)23)18-19-15(13)21/h4-7,12,14,23H,3,8H2,1-2H3,(H2,18,19,21)/t12-,14-,17+/m0/s1. The van der Waals surface area contributed by atoms with Gasteiger partial charge in [0.25, 0.3) is 11.2 Å². The molecule has 0 spiro atoms. The van der Waals surface area contributed by atoms with Crippen molar-refractivity contribution in [2.75, 3.05) is 6.61 Å². The van der Waals surface area contributed by atoms with Crippen LogP contribution >= 0.6 is 0 Å². The van der Waals surface area contributed by atoms with E-state index in [0.29, 0.717) is 11.3 Å². The van der Waals surface area contributed by atoms with Gasteiger partial charge in [0, 0.05) is 35.7 Å². The van der Waals surface area contributed by atoms with E-state index >= 15 is 0 Å². The lowest BCUT2D eigenvalue weighted by molar-refractivity contribution is -0.384. The molecule has 1 aliphatic rings. The van der Waals surface area contributed by atoms with Crippen LogP contribution in [0.25, 0.3) is 0 Å². The molecule has 1 aromatic heterocycles. The van der Waals surface area contributed by atoms with Crippen molar-refractivity contribution < 1.29 is 19.6 Å². The van der Waals surface area contributed by atoms with Gasteiger partial charge in [-0.05, 0) is 19.4 Å². The molecule has 3 atom stereocenters. The molecule has 1 aliphatic carbocycles. The van der Waals surface area contributed by atoms with Crippen molar-refractivity contribution in [3.05, 3.63) is 61.6 Å². The minimum Gasteiger partial charge on any atom is -0.466 e. The molecule has 0 unspecified atom stereocenters. The van der Waals surface area contributed by atoms with Crippen LogP contribution in [0.5, 0.6) is 0 Å². The summed E-state index contributed by atoms with van der Waals surface area (Å²) >= 11 is 0. The Morgan fingerprint density at radius 2 is 2.19 bits per heavy atom. The Balaban J connectivity index is 2.23. The van der Waals surface area contributed by atoms with Crippen LogP contribution in [0.2, 0.25) is 0 Å². The summed E-state index contributed by atoms with van der Waals surface area (Å²) < 4.78 is 5.12. The van der Waals surface area contributed by atoms with Gasteiger partial charge in [-0.1, -0.05) is 12.1 Å². The predicted molar refractivity (Wildman–Crippen MR) is 90.8 cm³/mol. The number of non-ortho nitro benzene ring substituents is 1. The Morgan fingerprint density at radius 1 is 1.46 bits per heavy atom. The van der Waals surface area contributed by atoms with Gasteiger partial charge >= 0.3 is 5.97 Å². The van der Waals surface area contributed by atoms with E-state index in [9.17, 15) is 24.8 Å². The molecule has 2 aromatic rings. The average molecular weight is 361 g/mol. The number of H-pyrrole nitrogens is 2. The summed E-state index contributed by atoms with van der Waals surface area (Å²) in [6.45, 7) is 3.25. The largest absolute Gasteiger partial charge is 0.466 e. The monoisotopic (exact) mass is 361 g/mol. The zero-order valence-electron chi connectivity index (χ0n) is 14.3. The minimum absolute atomic E-state index is 0.0516. The summed E-state index contributed by atoms with van der Waals surface area (Å²) in [6, 6.07) is 5.72. The summed E-state index contributed by atoms with van der Waals surface area (Å²) in [6.07, 6.45) is 0.0516. The number of benzene rings is 1. The maximum atomic E-state index is 12.6. The number of hydrogen-bond acceptors (Lipinski definition) is 6. The van der Waals surface area contributed by atoms with Crippen LogP contribution in [0.3, 0.4) is 0 Å². The number of hydrogen-bond donors (Lipinski definition) is 3. The van der Waals surface area contributed by atoms with Crippen molar-refractivity contribution >= 4 is 11.7 Å². The maximum absolute atomic E-state index is 12.6. The summed E-state index contributed by atoms with van der Waals surface area (Å²) in [7, 11) is 0. The van der Waals surface area contributed by atoms with E-state index in [1.807, 2.05) is 0 Å². The Hall–Kier alpha value is -2.94. The van der Waals surface area contributed by atoms with Crippen LogP contribution in [0.4, 0.5) is 5.69 Å². The molecule has 9 heteroatoms. The van der Waals surface area contributed by atoms with E-state index in [2.05, 4.69) is 10.2 Å². The van der Waals surface area contributed by atoms with Crippen molar-refractivity contribution in [2.24, 2.45) is 5.92 Å². The topological polar surface area (TPSA) is 138 Å². The zero-order valence-corrected chi connectivity index (χ0v) is 14.3. The number of aromatic nitrogens is 2. The second-order valence-electron chi connectivity index (χ2n) is 6.56. The average Bonchev–Trinajstić information content (AvgIpc) is 2.93. The number of nitrogens with one attached hydrogen (secondary N) is 2. The van der Waals surface area contributed by atoms with Gasteiger partial charge in [-0.2, -0.15) is 0 Å². The number of fused-ring (bicyclic) bond motifs is 1. The highest BCUT2D eigenvalue weighted by Crippen LogP contribution is 2.44. The molecule has 0 saturated carbocycles. The van der Waals surface area contributed by atoms with E-state index in [4.69, 9.17) is 4.74 Å². The molecule has 0 aliphatic heterocycles. The molecule has 0 fully saturated rings. The fourth-order valence-corrected chi connectivity index (χ4v) is 3.68. The number of esters is 1. The van der Waals surface area contributed by atoms with Gasteiger partial charge in [0.05, 0.1) is 23.0 Å².